The summed E-state index contributed by atoms with van der Waals surface area (Å²) in [5.74, 6) is 0.137. The molecule has 0 saturated heterocycles. The van der Waals surface area contributed by atoms with Gasteiger partial charge in [-0.1, -0.05) is 32.0 Å². The number of hydrogen-bond donors (Lipinski definition) is 2. The number of hydrogen-bond acceptors (Lipinski definition) is 3. The lowest BCUT2D eigenvalue weighted by atomic mass is 10.0. The maximum Gasteiger partial charge on any atom is 0.325 e. The molecule has 0 bridgehead atoms. The largest absolute Gasteiger partial charge is 0.494 e. The van der Waals surface area contributed by atoms with Crippen molar-refractivity contribution in [1.29, 1.82) is 0 Å². The van der Waals surface area contributed by atoms with E-state index in [1.807, 2.05) is 32.9 Å². The van der Waals surface area contributed by atoms with Crippen LogP contribution in [0.1, 0.15) is 32.4 Å². The summed E-state index contributed by atoms with van der Waals surface area (Å²) in [5, 5.41) is 12.4. The monoisotopic (exact) mass is 251 g/mol. The molecule has 1 aromatic carbocycles. The molecule has 0 radical (unpaired) electrons. The lowest BCUT2D eigenvalue weighted by molar-refractivity contribution is -0.139. The van der Waals surface area contributed by atoms with Crippen LogP contribution in [0.5, 0.6) is 5.75 Å². The van der Waals surface area contributed by atoms with E-state index in [4.69, 9.17) is 4.74 Å². The molecule has 100 valence electrons. The molecule has 0 fully saturated rings. The third-order valence-corrected chi connectivity index (χ3v) is 2.51. The fraction of sp³-hybridized carbons (Fsp3) is 0.500. The molecule has 1 rings (SSSR count). The Morgan fingerprint density at radius 3 is 2.61 bits per heavy atom. The Bertz CT molecular complexity index is 390. The average molecular weight is 251 g/mol. The topological polar surface area (TPSA) is 58.6 Å². The summed E-state index contributed by atoms with van der Waals surface area (Å²) in [4.78, 5) is 11.4. The second kappa shape index (κ2) is 7.01. The van der Waals surface area contributed by atoms with Crippen molar-refractivity contribution in [2.24, 2.45) is 5.92 Å². The molecule has 1 aromatic rings. The van der Waals surface area contributed by atoms with Gasteiger partial charge in [0.05, 0.1) is 6.61 Å². The minimum atomic E-state index is -0.886. The van der Waals surface area contributed by atoms with E-state index in [2.05, 4.69) is 5.32 Å². The molecule has 0 aliphatic heterocycles. The number of para-hydroxylation sites is 1. The Kier molecular flexibility index (Phi) is 5.65. The minimum absolute atomic E-state index is 0.395. The van der Waals surface area contributed by atoms with Crippen molar-refractivity contribution in [3.8, 4) is 5.75 Å². The molecule has 0 saturated carbocycles. The summed E-state index contributed by atoms with van der Waals surface area (Å²) in [7, 11) is 0. The van der Waals surface area contributed by atoms with E-state index < -0.39 is 12.0 Å². The number of carboxylic acids is 1. The zero-order valence-electron chi connectivity index (χ0n) is 11.1. The van der Waals surface area contributed by atoms with Crippen molar-refractivity contribution in [3.63, 3.8) is 0 Å². The fourth-order valence-electron chi connectivity index (χ4n) is 1.69. The molecular formula is C14H21NO3. The Morgan fingerprint density at radius 1 is 1.39 bits per heavy atom. The van der Waals surface area contributed by atoms with E-state index in [0.29, 0.717) is 30.4 Å². The van der Waals surface area contributed by atoms with Crippen molar-refractivity contribution < 1.29 is 14.6 Å². The van der Waals surface area contributed by atoms with Gasteiger partial charge in [-0.15, -0.1) is 0 Å². The molecule has 18 heavy (non-hydrogen) atoms. The SMILES string of the molecule is CCOc1ccccc1C(NCC(C)C)C(=O)O. The van der Waals surface area contributed by atoms with E-state index in [-0.39, 0.29) is 0 Å². The maximum absolute atomic E-state index is 11.4. The summed E-state index contributed by atoms with van der Waals surface area (Å²) in [6.07, 6.45) is 0. The molecule has 0 aliphatic carbocycles. The first kappa shape index (κ1) is 14.5. The number of ether oxygens (including phenoxy) is 1. The average Bonchev–Trinajstić information content (AvgIpc) is 2.31. The van der Waals surface area contributed by atoms with Gasteiger partial charge in [0.1, 0.15) is 11.8 Å². The molecular weight excluding hydrogens is 230 g/mol. The minimum Gasteiger partial charge on any atom is -0.494 e. The van der Waals surface area contributed by atoms with Crippen LogP contribution in [0.3, 0.4) is 0 Å². The molecule has 2 N–H and O–H groups in total. The summed E-state index contributed by atoms with van der Waals surface area (Å²) in [6, 6.07) is 6.53. The molecule has 0 amide bonds. The first-order valence-electron chi connectivity index (χ1n) is 6.24. The number of carbonyl (C=O) groups is 1. The summed E-state index contributed by atoms with van der Waals surface area (Å²) >= 11 is 0. The first-order valence-corrected chi connectivity index (χ1v) is 6.24. The van der Waals surface area contributed by atoms with Crippen LogP contribution in [0.4, 0.5) is 0 Å². The maximum atomic E-state index is 11.4. The van der Waals surface area contributed by atoms with Gasteiger partial charge >= 0.3 is 5.97 Å². The highest BCUT2D eigenvalue weighted by Gasteiger charge is 2.22. The number of benzene rings is 1. The predicted octanol–water partition coefficient (Wildman–Crippen LogP) is 2.46. The molecule has 1 atom stereocenters. The van der Waals surface area contributed by atoms with Crippen LogP contribution in [-0.4, -0.2) is 24.2 Å². The van der Waals surface area contributed by atoms with E-state index in [9.17, 15) is 9.90 Å². The van der Waals surface area contributed by atoms with Crippen LogP contribution in [0.25, 0.3) is 0 Å². The van der Waals surface area contributed by atoms with Gasteiger partial charge in [0, 0.05) is 5.56 Å². The number of rotatable bonds is 7. The standard InChI is InChI=1S/C14H21NO3/c1-4-18-12-8-6-5-7-11(12)13(14(16)17)15-9-10(2)3/h5-8,10,13,15H,4,9H2,1-3H3,(H,16,17). The number of aliphatic carboxylic acids is 1. The predicted molar refractivity (Wildman–Crippen MR) is 70.8 cm³/mol. The molecule has 4 nitrogen and oxygen atoms in total. The highest BCUT2D eigenvalue weighted by Crippen LogP contribution is 2.25. The van der Waals surface area contributed by atoms with Crippen LogP contribution in [0.15, 0.2) is 24.3 Å². The Labute approximate surface area is 108 Å². The fourth-order valence-corrected chi connectivity index (χ4v) is 1.69. The van der Waals surface area contributed by atoms with Crippen molar-refractivity contribution in [1.82, 2.24) is 5.32 Å². The van der Waals surface area contributed by atoms with Gasteiger partial charge in [0.15, 0.2) is 0 Å². The highest BCUT2D eigenvalue weighted by molar-refractivity contribution is 5.76. The van der Waals surface area contributed by atoms with E-state index in [0.717, 1.165) is 0 Å². The van der Waals surface area contributed by atoms with Crippen molar-refractivity contribution >= 4 is 5.97 Å². The normalized spacial score (nSPS) is 12.4. The second-order valence-corrected chi connectivity index (χ2v) is 4.54. The van der Waals surface area contributed by atoms with Gasteiger partial charge in [-0.2, -0.15) is 0 Å². The summed E-state index contributed by atoms with van der Waals surface area (Å²) in [6.45, 7) is 7.14. The summed E-state index contributed by atoms with van der Waals surface area (Å²) in [5.41, 5.74) is 0.674. The molecule has 0 spiro atoms. The van der Waals surface area contributed by atoms with E-state index >= 15 is 0 Å². The van der Waals surface area contributed by atoms with Gasteiger partial charge in [-0.25, -0.2) is 0 Å². The van der Waals surface area contributed by atoms with Crippen LogP contribution in [0.2, 0.25) is 0 Å². The zero-order chi connectivity index (χ0) is 13.5. The van der Waals surface area contributed by atoms with Crippen LogP contribution < -0.4 is 10.1 Å². The quantitative estimate of drug-likeness (QED) is 0.781. The third-order valence-electron chi connectivity index (χ3n) is 2.51. The Morgan fingerprint density at radius 2 is 2.06 bits per heavy atom. The third kappa shape index (κ3) is 4.04. The highest BCUT2D eigenvalue weighted by atomic mass is 16.5. The molecule has 0 aromatic heterocycles. The van der Waals surface area contributed by atoms with Crippen molar-refractivity contribution in [2.75, 3.05) is 13.2 Å². The smallest absolute Gasteiger partial charge is 0.325 e. The van der Waals surface area contributed by atoms with Gasteiger partial charge < -0.3 is 15.2 Å². The number of nitrogens with one attached hydrogen (secondary N) is 1. The van der Waals surface area contributed by atoms with E-state index in [1.54, 1.807) is 12.1 Å². The van der Waals surface area contributed by atoms with Crippen LogP contribution in [0, 0.1) is 5.92 Å². The van der Waals surface area contributed by atoms with Crippen LogP contribution >= 0.6 is 0 Å². The molecule has 0 heterocycles. The lowest BCUT2D eigenvalue weighted by Crippen LogP contribution is -2.31. The second-order valence-electron chi connectivity index (χ2n) is 4.54. The van der Waals surface area contributed by atoms with Crippen molar-refractivity contribution in [3.05, 3.63) is 29.8 Å². The number of carboxylic acid groups (broad SMARTS) is 1. The van der Waals surface area contributed by atoms with Gasteiger partial charge in [-0.05, 0) is 25.5 Å². The molecule has 0 aliphatic rings. The van der Waals surface area contributed by atoms with Gasteiger partial charge in [0.25, 0.3) is 0 Å². The van der Waals surface area contributed by atoms with Gasteiger partial charge in [0.2, 0.25) is 0 Å². The zero-order valence-corrected chi connectivity index (χ0v) is 11.1. The van der Waals surface area contributed by atoms with E-state index in [1.165, 1.54) is 0 Å². The lowest BCUT2D eigenvalue weighted by Gasteiger charge is -2.19. The van der Waals surface area contributed by atoms with Crippen molar-refractivity contribution in [2.45, 2.75) is 26.8 Å². The first-order chi connectivity index (χ1) is 8.56. The van der Waals surface area contributed by atoms with Gasteiger partial charge in [-0.3, -0.25) is 4.79 Å². The Hall–Kier alpha value is -1.55. The molecule has 1 unspecified atom stereocenters. The van der Waals surface area contributed by atoms with Crippen LogP contribution in [-0.2, 0) is 4.79 Å². The molecule has 4 heteroatoms. The summed E-state index contributed by atoms with van der Waals surface area (Å²) < 4.78 is 5.47. The Balaban J connectivity index is 2.94.